The Balaban J connectivity index is 2.39. The molecular weight excluding hydrogens is 209 g/mol. The number of hydrogen-bond donors (Lipinski definition) is 1. The highest BCUT2D eigenvalue weighted by Crippen LogP contribution is 2.13. The number of H-pyrrole nitrogens is 1. The van der Waals surface area contributed by atoms with Crippen LogP contribution in [0, 0.1) is 5.82 Å². The van der Waals surface area contributed by atoms with Crippen molar-refractivity contribution in [2.45, 2.75) is 0 Å². The topological polar surface area (TPSA) is 49.9 Å². The molecule has 0 aliphatic carbocycles. The molecule has 0 atom stereocenters. The van der Waals surface area contributed by atoms with Crippen LogP contribution in [-0.2, 0) is 0 Å². The van der Waals surface area contributed by atoms with Crippen LogP contribution in [0.15, 0.2) is 36.5 Å². The number of ketones is 1. The predicted molar refractivity (Wildman–Crippen MR) is 56.0 cm³/mol. The summed E-state index contributed by atoms with van der Waals surface area (Å²) >= 11 is 0. The van der Waals surface area contributed by atoms with Crippen molar-refractivity contribution in [1.29, 1.82) is 0 Å². The van der Waals surface area contributed by atoms with Crippen LogP contribution in [0.25, 0.3) is 0 Å². The Kier molecular flexibility index (Phi) is 2.64. The lowest BCUT2D eigenvalue weighted by atomic mass is 10.1. The van der Waals surface area contributed by atoms with Gasteiger partial charge < -0.3 is 4.98 Å². The van der Waals surface area contributed by atoms with Gasteiger partial charge in [0.1, 0.15) is 5.82 Å². The number of aromatic nitrogens is 1. The number of halogens is 1. The van der Waals surface area contributed by atoms with Gasteiger partial charge in [-0.05, 0) is 18.2 Å². The highest BCUT2D eigenvalue weighted by Gasteiger charge is 2.14. The molecule has 80 valence electrons. The minimum absolute atomic E-state index is 0.000973. The SMILES string of the molecule is O=Cc1cc(C(=O)c2ccccc2F)c[nH]1. The smallest absolute Gasteiger partial charge is 0.197 e. The van der Waals surface area contributed by atoms with E-state index < -0.39 is 11.6 Å². The molecule has 1 N–H and O–H groups in total. The zero-order valence-electron chi connectivity index (χ0n) is 8.24. The van der Waals surface area contributed by atoms with E-state index in [0.29, 0.717) is 12.0 Å². The molecule has 0 saturated heterocycles. The summed E-state index contributed by atoms with van der Waals surface area (Å²) in [5, 5.41) is 0. The van der Waals surface area contributed by atoms with Crippen molar-refractivity contribution in [2.75, 3.05) is 0 Å². The van der Waals surface area contributed by atoms with Crippen molar-refractivity contribution in [1.82, 2.24) is 4.98 Å². The summed E-state index contributed by atoms with van der Waals surface area (Å²) in [5.74, 6) is -1.01. The Morgan fingerprint density at radius 1 is 1.31 bits per heavy atom. The lowest BCUT2D eigenvalue weighted by Crippen LogP contribution is -2.02. The third-order valence-corrected chi connectivity index (χ3v) is 2.21. The summed E-state index contributed by atoms with van der Waals surface area (Å²) < 4.78 is 13.3. The molecule has 4 heteroatoms. The molecule has 0 radical (unpaired) electrons. The highest BCUT2D eigenvalue weighted by molar-refractivity contribution is 6.09. The van der Waals surface area contributed by atoms with Gasteiger partial charge in [-0.1, -0.05) is 12.1 Å². The fourth-order valence-electron chi connectivity index (χ4n) is 1.41. The van der Waals surface area contributed by atoms with Crippen molar-refractivity contribution < 1.29 is 14.0 Å². The first-order valence-electron chi connectivity index (χ1n) is 4.65. The van der Waals surface area contributed by atoms with Crippen LogP contribution in [0.4, 0.5) is 4.39 Å². The lowest BCUT2D eigenvalue weighted by molar-refractivity contribution is 0.103. The second kappa shape index (κ2) is 4.10. The molecule has 2 rings (SSSR count). The average molecular weight is 217 g/mol. The Labute approximate surface area is 90.9 Å². The van der Waals surface area contributed by atoms with Crippen LogP contribution in [0.2, 0.25) is 0 Å². The van der Waals surface area contributed by atoms with Crippen LogP contribution < -0.4 is 0 Å². The second-order valence-corrected chi connectivity index (χ2v) is 3.27. The summed E-state index contributed by atoms with van der Waals surface area (Å²) in [4.78, 5) is 24.9. The molecule has 0 spiro atoms. The van der Waals surface area contributed by atoms with Gasteiger partial charge in [0.2, 0.25) is 0 Å². The van der Waals surface area contributed by atoms with E-state index in [9.17, 15) is 14.0 Å². The number of benzene rings is 1. The second-order valence-electron chi connectivity index (χ2n) is 3.27. The van der Waals surface area contributed by atoms with Crippen LogP contribution in [0.5, 0.6) is 0 Å². The van der Waals surface area contributed by atoms with Gasteiger partial charge in [-0.3, -0.25) is 9.59 Å². The van der Waals surface area contributed by atoms with Gasteiger partial charge in [-0.2, -0.15) is 0 Å². The van der Waals surface area contributed by atoms with Gasteiger partial charge in [0.05, 0.1) is 11.3 Å². The van der Waals surface area contributed by atoms with E-state index in [1.165, 1.54) is 30.5 Å². The maximum atomic E-state index is 13.3. The van der Waals surface area contributed by atoms with E-state index >= 15 is 0 Å². The van der Waals surface area contributed by atoms with Crippen LogP contribution in [-0.4, -0.2) is 17.1 Å². The van der Waals surface area contributed by atoms with Gasteiger partial charge in [0, 0.05) is 11.8 Å². The number of nitrogens with one attached hydrogen (secondary N) is 1. The fourth-order valence-corrected chi connectivity index (χ4v) is 1.41. The number of carbonyl (C=O) groups excluding carboxylic acids is 2. The van der Waals surface area contributed by atoms with Crippen LogP contribution in [0.3, 0.4) is 0 Å². The zero-order chi connectivity index (χ0) is 11.5. The number of hydrogen-bond acceptors (Lipinski definition) is 2. The van der Waals surface area contributed by atoms with Crippen LogP contribution in [0.1, 0.15) is 26.4 Å². The Morgan fingerprint density at radius 3 is 2.69 bits per heavy atom. The third kappa shape index (κ3) is 1.77. The summed E-state index contributed by atoms with van der Waals surface area (Å²) in [7, 11) is 0. The Morgan fingerprint density at radius 2 is 2.06 bits per heavy atom. The third-order valence-electron chi connectivity index (χ3n) is 2.21. The molecule has 0 bridgehead atoms. The standard InChI is InChI=1S/C12H8FNO2/c13-11-4-2-1-3-10(11)12(16)8-5-9(7-15)14-6-8/h1-7,14H. The first kappa shape index (κ1) is 10.3. The maximum Gasteiger partial charge on any atom is 0.197 e. The minimum atomic E-state index is -0.568. The summed E-state index contributed by atoms with van der Waals surface area (Å²) in [6.45, 7) is 0. The minimum Gasteiger partial charge on any atom is -0.358 e. The van der Waals surface area contributed by atoms with E-state index in [2.05, 4.69) is 4.98 Å². The van der Waals surface area contributed by atoms with Gasteiger partial charge >= 0.3 is 0 Å². The van der Waals surface area contributed by atoms with Crippen molar-refractivity contribution in [3.63, 3.8) is 0 Å². The summed E-state index contributed by atoms with van der Waals surface area (Å²) in [6.07, 6.45) is 1.98. The largest absolute Gasteiger partial charge is 0.358 e. The lowest BCUT2D eigenvalue weighted by Gasteiger charge is -1.98. The molecule has 0 unspecified atom stereocenters. The van der Waals surface area contributed by atoms with Crippen LogP contribution >= 0.6 is 0 Å². The molecule has 0 aliphatic heterocycles. The summed E-state index contributed by atoms with van der Waals surface area (Å²) in [6, 6.07) is 7.12. The van der Waals surface area contributed by atoms with E-state index in [1.807, 2.05) is 0 Å². The molecule has 1 heterocycles. The predicted octanol–water partition coefficient (Wildman–Crippen LogP) is 2.20. The fraction of sp³-hybridized carbons (Fsp3) is 0. The van der Waals surface area contributed by atoms with Gasteiger partial charge in [-0.15, -0.1) is 0 Å². The highest BCUT2D eigenvalue weighted by atomic mass is 19.1. The first-order chi connectivity index (χ1) is 7.72. The van der Waals surface area contributed by atoms with Gasteiger partial charge in [0.15, 0.2) is 12.1 Å². The van der Waals surface area contributed by atoms with Gasteiger partial charge in [0.25, 0.3) is 0 Å². The van der Waals surface area contributed by atoms with E-state index in [4.69, 9.17) is 0 Å². The first-order valence-corrected chi connectivity index (χ1v) is 4.65. The van der Waals surface area contributed by atoms with Crippen molar-refractivity contribution in [3.05, 3.63) is 59.2 Å². The number of carbonyl (C=O) groups is 2. The van der Waals surface area contributed by atoms with Gasteiger partial charge in [-0.25, -0.2) is 4.39 Å². The molecule has 2 aromatic rings. The monoisotopic (exact) mass is 217 g/mol. The normalized spacial score (nSPS) is 10.1. The van der Waals surface area contributed by atoms with E-state index in [0.717, 1.165) is 0 Å². The molecule has 0 fully saturated rings. The zero-order valence-corrected chi connectivity index (χ0v) is 8.24. The molecule has 1 aromatic carbocycles. The van der Waals surface area contributed by atoms with E-state index in [-0.39, 0.29) is 11.1 Å². The Bertz CT molecular complexity index is 545. The quantitative estimate of drug-likeness (QED) is 0.632. The number of aldehydes is 1. The molecular formula is C12H8FNO2. The molecule has 16 heavy (non-hydrogen) atoms. The maximum absolute atomic E-state index is 13.3. The molecule has 0 saturated carbocycles. The van der Waals surface area contributed by atoms with Crippen molar-refractivity contribution in [3.8, 4) is 0 Å². The molecule has 3 nitrogen and oxygen atoms in total. The average Bonchev–Trinajstić information content (AvgIpc) is 2.77. The number of aromatic amines is 1. The molecule has 0 aliphatic rings. The molecule has 0 amide bonds. The molecule has 1 aromatic heterocycles. The van der Waals surface area contributed by atoms with E-state index in [1.54, 1.807) is 6.07 Å². The van der Waals surface area contributed by atoms with Crippen molar-refractivity contribution >= 4 is 12.1 Å². The van der Waals surface area contributed by atoms with Crippen molar-refractivity contribution in [2.24, 2.45) is 0 Å². The Hall–Kier alpha value is -2.23. The summed E-state index contributed by atoms with van der Waals surface area (Å²) in [5.41, 5.74) is 0.561. The number of rotatable bonds is 3.